The molecule has 106 valence electrons. The van der Waals surface area contributed by atoms with Crippen molar-refractivity contribution >= 4 is 21.4 Å². The number of halogens is 1. The second kappa shape index (κ2) is 5.33. The van der Waals surface area contributed by atoms with E-state index in [2.05, 4.69) is 9.71 Å². The van der Waals surface area contributed by atoms with Gasteiger partial charge < -0.3 is 10.5 Å². The summed E-state index contributed by atoms with van der Waals surface area (Å²) in [5.41, 5.74) is 6.13. The number of nitrogens with two attached hydrogens (primary N) is 1. The van der Waals surface area contributed by atoms with Gasteiger partial charge in [-0.05, 0) is 24.3 Å². The smallest absolute Gasteiger partial charge is 0.282 e. The summed E-state index contributed by atoms with van der Waals surface area (Å²) in [6.07, 6.45) is 1.19. The summed E-state index contributed by atoms with van der Waals surface area (Å²) >= 11 is 0. The molecule has 20 heavy (non-hydrogen) atoms. The van der Waals surface area contributed by atoms with E-state index in [0.29, 0.717) is 5.69 Å². The van der Waals surface area contributed by atoms with E-state index in [1.165, 1.54) is 37.6 Å². The van der Waals surface area contributed by atoms with Crippen molar-refractivity contribution in [2.45, 2.75) is 5.03 Å². The molecule has 0 spiro atoms. The summed E-state index contributed by atoms with van der Waals surface area (Å²) in [5.74, 6) is -0.709. The molecular weight excluding hydrogens is 285 g/mol. The highest BCUT2D eigenvalue weighted by Crippen LogP contribution is 2.28. The number of hydrogen-bond donors (Lipinski definition) is 2. The number of aromatic nitrogens is 1. The molecule has 1 heterocycles. The van der Waals surface area contributed by atoms with Crippen LogP contribution < -0.4 is 15.2 Å². The van der Waals surface area contributed by atoms with Crippen LogP contribution in [0.15, 0.2) is 41.6 Å². The van der Waals surface area contributed by atoms with Crippen molar-refractivity contribution in [3.63, 3.8) is 0 Å². The van der Waals surface area contributed by atoms with Crippen molar-refractivity contribution in [2.24, 2.45) is 0 Å². The Bertz CT molecular complexity index is 734. The zero-order chi connectivity index (χ0) is 14.8. The van der Waals surface area contributed by atoms with Gasteiger partial charge in [-0.25, -0.2) is 9.37 Å². The number of hydrogen-bond acceptors (Lipinski definition) is 5. The molecule has 2 rings (SSSR count). The maximum atomic E-state index is 13.5. The van der Waals surface area contributed by atoms with Crippen LogP contribution in [0.3, 0.4) is 0 Å². The van der Waals surface area contributed by atoms with Gasteiger partial charge >= 0.3 is 0 Å². The number of methoxy groups -OCH3 is 1. The molecule has 0 amide bonds. The number of nitrogens with one attached hydrogen (secondary N) is 1. The van der Waals surface area contributed by atoms with E-state index >= 15 is 0 Å². The third-order valence-corrected chi connectivity index (χ3v) is 3.75. The van der Waals surface area contributed by atoms with E-state index in [9.17, 15) is 12.8 Å². The predicted octanol–water partition coefficient (Wildman–Crippen LogP) is 1.61. The van der Waals surface area contributed by atoms with E-state index < -0.39 is 20.9 Å². The molecule has 0 radical (unpaired) electrons. The Morgan fingerprint density at radius 3 is 2.75 bits per heavy atom. The molecule has 1 aromatic heterocycles. The van der Waals surface area contributed by atoms with Crippen LogP contribution in [0.2, 0.25) is 0 Å². The van der Waals surface area contributed by atoms with Gasteiger partial charge in [-0.1, -0.05) is 0 Å². The van der Waals surface area contributed by atoms with Gasteiger partial charge in [0, 0.05) is 18.0 Å². The molecule has 0 aliphatic heterocycles. The van der Waals surface area contributed by atoms with Gasteiger partial charge in [-0.2, -0.15) is 8.42 Å². The number of rotatable bonds is 4. The zero-order valence-corrected chi connectivity index (χ0v) is 11.3. The fraction of sp³-hybridized carbons (Fsp3) is 0.0833. The zero-order valence-electron chi connectivity index (χ0n) is 10.5. The third-order valence-electron chi connectivity index (χ3n) is 2.45. The quantitative estimate of drug-likeness (QED) is 0.836. The van der Waals surface area contributed by atoms with Gasteiger partial charge in [0.15, 0.2) is 5.82 Å². The number of sulfonamides is 1. The third kappa shape index (κ3) is 2.80. The SMILES string of the molecule is COc1cc(N)ccc1NS(=O)(=O)c1ncccc1F. The van der Waals surface area contributed by atoms with E-state index in [1.54, 1.807) is 0 Å². The normalized spacial score (nSPS) is 11.1. The van der Waals surface area contributed by atoms with E-state index in [0.717, 1.165) is 6.07 Å². The molecule has 3 N–H and O–H groups in total. The maximum absolute atomic E-state index is 13.5. The van der Waals surface area contributed by atoms with Gasteiger partial charge in [0.25, 0.3) is 10.0 Å². The molecule has 8 heteroatoms. The molecule has 0 atom stereocenters. The average Bonchev–Trinajstić information content (AvgIpc) is 2.41. The minimum absolute atomic E-state index is 0.145. The molecule has 0 aliphatic carbocycles. The van der Waals surface area contributed by atoms with Crippen LogP contribution in [0.1, 0.15) is 0 Å². The standard InChI is InChI=1S/C12H12FN3O3S/c1-19-11-7-8(14)4-5-10(11)16-20(17,18)12-9(13)3-2-6-15-12/h2-7,16H,14H2,1H3. The van der Waals surface area contributed by atoms with Crippen molar-refractivity contribution in [3.05, 3.63) is 42.3 Å². The number of nitrogens with zero attached hydrogens (tertiary/aromatic N) is 1. The number of nitrogen functional groups attached to an aromatic ring is 1. The van der Waals surface area contributed by atoms with Crippen molar-refractivity contribution in [2.75, 3.05) is 17.6 Å². The van der Waals surface area contributed by atoms with E-state index in [1.807, 2.05) is 0 Å². The molecule has 0 aliphatic rings. The van der Waals surface area contributed by atoms with Crippen LogP contribution in [-0.4, -0.2) is 20.5 Å². The Morgan fingerprint density at radius 1 is 1.35 bits per heavy atom. The second-order valence-corrected chi connectivity index (χ2v) is 5.45. The number of benzene rings is 1. The van der Waals surface area contributed by atoms with Gasteiger partial charge in [-0.3, -0.25) is 4.72 Å². The van der Waals surface area contributed by atoms with Crippen LogP contribution in [0.5, 0.6) is 5.75 Å². The minimum atomic E-state index is -4.15. The summed E-state index contributed by atoms with van der Waals surface area (Å²) < 4.78 is 44.9. The summed E-state index contributed by atoms with van der Waals surface area (Å²) in [7, 11) is -2.78. The van der Waals surface area contributed by atoms with Crippen LogP contribution in [0.25, 0.3) is 0 Å². The first-order valence-corrected chi connectivity index (χ1v) is 6.99. The predicted molar refractivity (Wildman–Crippen MR) is 72.4 cm³/mol. The molecule has 0 saturated carbocycles. The lowest BCUT2D eigenvalue weighted by Crippen LogP contribution is -2.16. The Labute approximate surface area is 115 Å². The van der Waals surface area contributed by atoms with Crippen molar-refractivity contribution in [3.8, 4) is 5.75 Å². The van der Waals surface area contributed by atoms with Gasteiger partial charge in [-0.15, -0.1) is 0 Å². The Morgan fingerprint density at radius 2 is 2.10 bits per heavy atom. The number of ether oxygens (including phenoxy) is 1. The van der Waals surface area contributed by atoms with Gasteiger partial charge in [0.1, 0.15) is 5.75 Å². The first-order valence-electron chi connectivity index (χ1n) is 5.51. The van der Waals surface area contributed by atoms with Crippen LogP contribution in [0, 0.1) is 5.82 Å². The highest BCUT2D eigenvalue weighted by atomic mass is 32.2. The summed E-state index contributed by atoms with van der Waals surface area (Å²) in [6.45, 7) is 0. The number of anilines is 2. The monoisotopic (exact) mass is 297 g/mol. The largest absolute Gasteiger partial charge is 0.494 e. The Kier molecular flexibility index (Phi) is 3.75. The topological polar surface area (TPSA) is 94.3 Å². The lowest BCUT2D eigenvalue weighted by Gasteiger charge is -2.12. The fourth-order valence-corrected chi connectivity index (χ4v) is 2.63. The molecule has 0 bridgehead atoms. The average molecular weight is 297 g/mol. The molecule has 0 saturated heterocycles. The molecule has 6 nitrogen and oxygen atoms in total. The first kappa shape index (κ1) is 14.1. The van der Waals surface area contributed by atoms with Crippen molar-refractivity contribution in [1.82, 2.24) is 4.98 Å². The van der Waals surface area contributed by atoms with Gasteiger partial charge in [0.2, 0.25) is 5.03 Å². The summed E-state index contributed by atoms with van der Waals surface area (Å²) in [4.78, 5) is 3.53. The summed E-state index contributed by atoms with van der Waals surface area (Å²) in [6, 6.07) is 6.69. The molecule has 0 unspecified atom stereocenters. The molecule has 2 aromatic rings. The molecular formula is C12H12FN3O3S. The molecule has 0 fully saturated rings. The van der Waals surface area contributed by atoms with E-state index in [4.69, 9.17) is 10.5 Å². The van der Waals surface area contributed by atoms with Crippen LogP contribution in [-0.2, 0) is 10.0 Å². The van der Waals surface area contributed by atoms with Gasteiger partial charge in [0.05, 0.1) is 12.8 Å². The Hall–Kier alpha value is -2.35. The lowest BCUT2D eigenvalue weighted by atomic mass is 10.2. The summed E-state index contributed by atoms with van der Waals surface area (Å²) in [5, 5.41) is -0.682. The Balaban J connectivity index is 2.41. The number of pyridine rings is 1. The van der Waals surface area contributed by atoms with Crippen molar-refractivity contribution < 1.29 is 17.5 Å². The van der Waals surface area contributed by atoms with Crippen LogP contribution >= 0.6 is 0 Å². The first-order chi connectivity index (χ1) is 9.44. The minimum Gasteiger partial charge on any atom is -0.494 e. The van der Waals surface area contributed by atoms with Crippen LogP contribution in [0.4, 0.5) is 15.8 Å². The second-order valence-electron chi connectivity index (χ2n) is 3.86. The maximum Gasteiger partial charge on any atom is 0.282 e. The fourth-order valence-electron chi connectivity index (χ4n) is 1.55. The molecule has 1 aromatic carbocycles. The highest BCUT2D eigenvalue weighted by molar-refractivity contribution is 7.92. The van der Waals surface area contributed by atoms with Crippen molar-refractivity contribution in [1.29, 1.82) is 0 Å². The van der Waals surface area contributed by atoms with E-state index in [-0.39, 0.29) is 11.4 Å². The lowest BCUT2D eigenvalue weighted by molar-refractivity contribution is 0.417. The highest BCUT2D eigenvalue weighted by Gasteiger charge is 2.22.